The van der Waals surface area contributed by atoms with Crippen LogP contribution in [0.25, 0.3) is 0 Å². The second-order valence-electron chi connectivity index (χ2n) is 10.6. The molecule has 0 spiro atoms. The van der Waals surface area contributed by atoms with E-state index < -0.39 is 5.79 Å². The summed E-state index contributed by atoms with van der Waals surface area (Å²) in [5.74, 6) is -0.274. The molecule has 2 atom stereocenters. The van der Waals surface area contributed by atoms with Crippen molar-refractivity contribution >= 4 is 34.6 Å². The van der Waals surface area contributed by atoms with Crippen molar-refractivity contribution in [2.24, 2.45) is 0 Å². The van der Waals surface area contributed by atoms with Gasteiger partial charge in [-0.05, 0) is 48.5 Å². The maximum absolute atomic E-state index is 6.58. The molecule has 6 rings (SSSR count). The minimum atomic E-state index is -1.07. The highest BCUT2D eigenvalue weighted by Crippen LogP contribution is 2.40. The number of ether oxygens (including phenoxy) is 3. The Morgan fingerprint density at radius 3 is 2.52 bits per heavy atom. The van der Waals surface area contributed by atoms with Crippen molar-refractivity contribution in [3.8, 4) is 5.75 Å². The standard InChI is InChI=1S/C32H35Cl2N5O3/c33-25-6-11-30(31(34)20-25)32(23-38-14-12-35-24-38)41-22-29(42-32)21-40-28-9-7-27(8-10-28)39-18-16-37(17-19-39)15-13-36-26-4-2-1-3-5-26/h1-12,14,20,24,29,36H,13,15-19,21-23H2/t29-,32-/m1/s1. The highest BCUT2D eigenvalue weighted by atomic mass is 35.5. The van der Waals surface area contributed by atoms with E-state index in [0.29, 0.717) is 29.8 Å². The molecule has 2 aliphatic rings. The summed E-state index contributed by atoms with van der Waals surface area (Å²) in [5.41, 5.74) is 3.11. The van der Waals surface area contributed by atoms with Gasteiger partial charge in [-0.25, -0.2) is 4.98 Å². The molecule has 2 aliphatic heterocycles. The van der Waals surface area contributed by atoms with Crippen LogP contribution in [0.3, 0.4) is 0 Å². The number of halogens is 2. The molecule has 4 aromatic rings. The lowest BCUT2D eigenvalue weighted by Crippen LogP contribution is -2.47. The second-order valence-corrected chi connectivity index (χ2v) is 11.4. The predicted molar refractivity (Wildman–Crippen MR) is 167 cm³/mol. The summed E-state index contributed by atoms with van der Waals surface area (Å²) in [5, 5.41) is 4.55. The average Bonchev–Trinajstić information content (AvgIpc) is 3.68. The van der Waals surface area contributed by atoms with Crippen molar-refractivity contribution in [2.75, 3.05) is 62.7 Å². The Morgan fingerprint density at radius 2 is 1.79 bits per heavy atom. The van der Waals surface area contributed by atoms with Crippen LogP contribution in [0.1, 0.15) is 5.56 Å². The van der Waals surface area contributed by atoms with Gasteiger partial charge >= 0.3 is 0 Å². The van der Waals surface area contributed by atoms with E-state index in [1.807, 2.05) is 35.0 Å². The smallest absolute Gasteiger partial charge is 0.215 e. The average molecular weight is 609 g/mol. The van der Waals surface area contributed by atoms with Crippen molar-refractivity contribution in [1.29, 1.82) is 0 Å². The lowest BCUT2D eigenvalue weighted by Gasteiger charge is -2.36. The van der Waals surface area contributed by atoms with Gasteiger partial charge in [-0.1, -0.05) is 47.5 Å². The van der Waals surface area contributed by atoms with Crippen molar-refractivity contribution in [3.05, 3.63) is 107 Å². The number of rotatable bonds is 11. The van der Waals surface area contributed by atoms with E-state index in [-0.39, 0.29) is 6.10 Å². The third kappa shape index (κ3) is 7.02. The van der Waals surface area contributed by atoms with Gasteiger partial charge < -0.3 is 29.0 Å². The molecule has 0 amide bonds. The van der Waals surface area contributed by atoms with E-state index in [1.165, 1.54) is 11.4 Å². The van der Waals surface area contributed by atoms with Crippen LogP contribution in [0.5, 0.6) is 5.75 Å². The molecular weight excluding hydrogens is 573 g/mol. The molecular formula is C32H35Cl2N5O3. The molecule has 0 aliphatic carbocycles. The minimum absolute atomic E-state index is 0.274. The molecule has 0 radical (unpaired) electrons. The lowest BCUT2D eigenvalue weighted by molar-refractivity contribution is -0.189. The van der Waals surface area contributed by atoms with E-state index in [0.717, 1.165) is 50.6 Å². The van der Waals surface area contributed by atoms with Crippen LogP contribution in [-0.4, -0.2) is 73.0 Å². The molecule has 3 aromatic carbocycles. The quantitative estimate of drug-likeness (QED) is 0.232. The highest BCUT2D eigenvalue weighted by Gasteiger charge is 2.45. The number of para-hydroxylation sites is 1. The molecule has 220 valence electrons. The lowest BCUT2D eigenvalue weighted by atomic mass is 10.1. The molecule has 2 fully saturated rings. The van der Waals surface area contributed by atoms with Gasteiger partial charge in [-0.2, -0.15) is 0 Å². The SMILES string of the molecule is Clc1ccc([C@]2(Cn3ccnc3)OC[C@@H](COc3ccc(N4CCN(CCNc5ccccc5)CC4)cc3)O2)c(Cl)c1. The van der Waals surface area contributed by atoms with E-state index in [9.17, 15) is 0 Å². The number of anilines is 2. The Bertz CT molecular complexity index is 1420. The Balaban J connectivity index is 0.993. The number of piperazine rings is 1. The number of hydrogen-bond donors (Lipinski definition) is 1. The van der Waals surface area contributed by atoms with Crippen LogP contribution in [0, 0.1) is 0 Å². The molecule has 2 saturated heterocycles. The van der Waals surface area contributed by atoms with Gasteiger partial charge in [0.15, 0.2) is 0 Å². The highest BCUT2D eigenvalue weighted by molar-refractivity contribution is 6.35. The maximum Gasteiger partial charge on any atom is 0.215 e. The van der Waals surface area contributed by atoms with Gasteiger partial charge in [0, 0.05) is 73.6 Å². The zero-order valence-corrected chi connectivity index (χ0v) is 24.9. The predicted octanol–water partition coefficient (Wildman–Crippen LogP) is 5.77. The zero-order valence-electron chi connectivity index (χ0n) is 23.4. The van der Waals surface area contributed by atoms with Gasteiger partial charge in [0.25, 0.3) is 0 Å². The molecule has 1 aromatic heterocycles. The molecule has 42 heavy (non-hydrogen) atoms. The monoisotopic (exact) mass is 607 g/mol. The molecule has 8 nitrogen and oxygen atoms in total. The van der Waals surface area contributed by atoms with E-state index in [4.69, 9.17) is 37.4 Å². The van der Waals surface area contributed by atoms with Crippen molar-refractivity contribution in [3.63, 3.8) is 0 Å². The third-order valence-electron chi connectivity index (χ3n) is 7.69. The first-order valence-corrected chi connectivity index (χ1v) is 15.0. The van der Waals surface area contributed by atoms with Gasteiger partial charge in [0.05, 0.1) is 24.5 Å². The fourth-order valence-corrected chi connectivity index (χ4v) is 6.01. The maximum atomic E-state index is 6.58. The normalized spacial score (nSPS) is 21.0. The van der Waals surface area contributed by atoms with Crippen LogP contribution >= 0.6 is 23.2 Å². The molecule has 0 bridgehead atoms. The Morgan fingerprint density at radius 1 is 0.976 bits per heavy atom. The van der Waals surface area contributed by atoms with Crippen LogP contribution in [0.2, 0.25) is 10.0 Å². The number of imidazole rings is 1. The van der Waals surface area contributed by atoms with Gasteiger partial charge in [-0.15, -0.1) is 0 Å². The van der Waals surface area contributed by atoms with Gasteiger partial charge in [0.2, 0.25) is 5.79 Å². The van der Waals surface area contributed by atoms with Crippen molar-refractivity contribution in [1.82, 2.24) is 14.5 Å². The molecule has 10 heteroatoms. The minimum Gasteiger partial charge on any atom is -0.491 e. The summed E-state index contributed by atoms with van der Waals surface area (Å²) in [7, 11) is 0. The fourth-order valence-electron chi connectivity index (χ4n) is 5.46. The van der Waals surface area contributed by atoms with E-state index >= 15 is 0 Å². The van der Waals surface area contributed by atoms with Gasteiger partial charge in [-0.3, -0.25) is 4.90 Å². The van der Waals surface area contributed by atoms with Gasteiger partial charge in [0.1, 0.15) is 18.5 Å². The Labute approximate surface area is 256 Å². The van der Waals surface area contributed by atoms with E-state index in [2.05, 4.69) is 56.5 Å². The molecule has 0 saturated carbocycles. The second kappa shape index (κ2) is 13.4. The number of aromatic nitrogens is 2. The summed E-state index contributed by atoms with van der Waals surface area (Å²) in [6.45, 7) is 7.22. The van der Waals surface area contributed by atoms with E-state index in [1.54, 1.807) is 24.7 Å². The van der Waals surface area contributed by atoms with Crippen LogP contribution < -0.4 is 15.0 Å². The topological polar surface area (TPSA) is 64.0 Å². The summed E-state index contributed by atoms with van der Waals surface area (Å²) in [6.07, 6.45) is 5.05. The molecule has 3 heterocycles. The third-order valence-corrected chi connectivity index (χ3v) is 8.24. The van der Waals surface area contributed by atoms with Crippen LogP contribution in [0.4, 0.5) is 11.4 Å². The molecule has 1 N–H and O–H groups in total. The summed E-state index contributed by atoms with van der Waals surface area (Å²) in [6, 6.07) is 24.0. The Kier molecular flexibility index (Phi) is 9.17. The van der Waals surface area contributed by atoms with Crippen LogP contribution in [0.15, 0.2) is 91.5 Å². The zero-order chi connectivity index (χ0) is 28.8. The number of nitrogens with zero attached hydrogens (tertiary/aromatic N) is 4. The largest absolute Gasteiger partial charge is 0.491 e. The summed E-state index contributed by atoms with van der Waals surface area (Å²) >= 11 is 12.7. The van der Waals surface area contributed by atoms with Crippen LogP contribution in [-0.2, 0) is 21.8 Å². The number of benzene rings is 3. The Hall–Kier alpha value is -3.27. The fraction of sp³-hybridized carbons (Fsp3) is 0.344. The van der Waals surface area contributed by atoms with Crippen molar-refractivity contribution < 1.29 is 14.2 Å². The van der Waals surface area contributed by atoms with Crippen molar-refractivity contribution in [2.45, 2.75) is 18.4 Å². The molecule has 0 unspecified atom stereocenters. The number of nitrogens with one attached hydrogen (secondary N) is 1. The number of hydrogen-bond acceptors (Lipinski definition) is 7. The summed E-state index contributed by atoms with van der Waals surface area (Å²) in [4.78, 5) is 9.09. The first-order chi connectivity index (χ1) is 20.6. The summed E-state index contributed by atoms with van der Waals surface area (Å²) < 4.78 is 20.8. The first kappa shape index (κ1) is 28.8. The first-order valence-electron chi connectivity index (χ1n) is 14.3.